The summed E-state index contributed by atoms with van der Waals surface area (Å²) in [5, 5.41) is 12.1. The van der Waals surface area contributed by atoms with Crippen molar-refractivity contribution >= 4 is 5.97 Å². The number of aliphatic carboxylic acids is 1. The molecule has 0 amide bonds. The second kappa shape index (κ2) is 6.30. The first-order chi connectivity index (χ1) is 8.04. The maximum Gasteiger partial charge on any atom is 0.320 e. The van der Waals surface area contributed by atoms with Crippen molar-refractivity contribution < 1.29 is 9.90 Å². The minimum atomic E-state index is -0.813. The zero-order valence-electron chi connectivity index (χ0n) is 10.5. The molecule has 0 aliphatic rings. The van der Waals surface area contributed by atoms with Crippen LogP contribution in [-0.4, -0.2) is 27.1 Å². The first-order valence-electron chi connectivity index (χ1n) is 5.78. The van der Waals surface area contributed by atoms with Crippen LogP contribution in [0.5, 0.6) is 0 Å². The molecule has 0 bridgehead atoms. The molecule has 94 valence electrons. The number of hydrogen-bond donors (Lipinski definition) is 2. The van der Waals surface area contributed by atoms with Crippen molar-refractivity contribution in [3.05, 3.63) is 23.8 Å². The van der Waals surface area contributed by atoms with Gasteiger partial charge >= 0.3 is 5.97 Å². The Kier molecular flexibility index (Phi) is 5.03. The number of rotatable bonds is 6. The highest BCUT2D eigenvalue weighted by Gasteiger charge is 2.22. The fraction of sp³-hybridized carbons (Fsp3) is 0.583. The van der Waals surface area contributed by atoms with Crippen LogP contribution in [0.25, 0.3) is 0 Å². The molecule has 0 saturated heterocycles. The third kappa shape index (κ3) is 4.11. The van der Waals surface area contributed by atoms with Crippen LogP contribution in [0.4, 0.5) is 0 Å². The molecule has 1 aromatic rings. The SMILES string of the molecule is CCC(C)C(NCc1cnc(C)nc1)C(=O)O. The predicted molar refractivity (Wildman–Crippen MR) is 64.5 cm³/mol. The van der Waals surface area contributed by atoms with E-state index in [0.717, 1.165) is 12.0 Å². The fourth-order valence-corrected chi connectivity index (χ4v) is 1.51. The van der Waals surface area contributed by atoms with Gasteiger partial charge in [-0.25, -0.2) is 9.97 Å². The van der Waals surface area contributed by atoms with Gasteiger partial charge in [0, 0.05) is 24.5 Å². The standard InChI is InChI=1S/C12H19N3O2/c1-4-8(2)11(12(16)17)15-7-10-5-13-9(3)14-6-10/h5-6,8,11,15H,4,7H2,1-3H3,(H,16,17). The molecule has 17 heavy (non-hydrogen) atoms. The van der Waals surface area contributed by atoms with Gasteiger partial charge in [0.05, 0.1) is 0 Å². The molecule has 1 heterocycles. The molecule has 2 N–H and O–H groups in total. The van der Waals surface area contributed by atoms with Crippen molar-refractivity contribution in [3.63, 3.8) is 0 Å². The normalized spacial score (nSPS) is 14.3. The Balaban J connectivity index is 2.57. The van der Waals surface area contributed by atoms with E-state index in [1.165, 1.54) is 0 Å². The van der Waals surface area contributed by atoms with Crippen LogP contribution >= 0.6 is 0 Å². The molecule has 1 aromatic heterocycles. The Bertz CT molecular complexity index is 365. The van der Waals surface area contributed by atoms with Gasteiger partial charge in [-0.3, -0.25) is 10.1 Å². The first kappa shape index (κ1) is 13.6. The van der Waals surface area contributed by atoms with Crippen LogP contribution in [0.3, 0.4) is 0 Å². The molecule has 5 nitrogen and oxygen atoms in total. The van der Waals surface area contributed by atoms with Crippen molar-refractivity contribution in [2.45, 2.75) is 39.8 Å². The Morgan fingerprint density at radius 3 is 2.53 bits per heavy atom. The van der Waals surface area contributed by atoms with Crippen LogP contribution in [0.15, 0.2) is 12.4 Å². The highest BCUT2D eigenvalue weighted by atomic mass is 16.4. The molecule has 0 aliphatic heterocycles. The number of aromatic nitrogens is 2. The Hall–Kier alpha value is -1.49. The summed E-state index contributed by atoms with van der Waals surface area (Å²) in [6.45, 7) is 6.20. The molecule has 1 rings (SSSR count). The summed E-state index contributed by atoms with van der Waals surface area (Å²) in [4.78, 5) is 19.2. The van der Waals surface area contributed by atoms with Crippen LogP contribution in [0, 0.1) is 12.8 Å². The molecule has 2 unspecified atom stereocenters. The van der Waals surface area contributed by atoms with E-state index >= 15 is 0 Å². The molecular formula is C12H19N3O2. The van der Waals surface area contributed by atoms with Crippen molar-refractivity contribution in [2.24, 2.45) is 5.92 Å². The van der Waals surface area contributed by atoms with E-state index in [1.54, 1.807) is 12.4 Å². The second-order valence-electron chi connectivity index (χ2n) is 4.22. The Labute approximate surface area is 101 Å². The number of carboxylic acids is 1. The van der Waals surface area contributed by atoms with Crippen molar-refractivity contribution in [3.8, 4) is 0 Å². The summed E-state index contributed by atoms with van der Waals surface area (Å²) in [6.07, 6.45) is 4.25. The molecule has 2 atom stereocenters. The molecule has 0 radical (unpaired) electrons. The second-order valence-corrected chi connectivity index (χ2v) is 4.22. The minimum absolute atomic E-state index is 0.0962. The van der Waals surface area contributed by atoms with Gasteiger partial charge in [0.25, 0.3) is 0 Å². The summed E-state index contributed by atoms with van der Waals surface area (Å²) < 4.78 is 0. The Morgan fingerprint density at radius 2 is 2.06 bits per heavy atom. The number of nitrogens with zero attached hydrogens (tertiary/aromatic N) is 2. The lowest BCUT2D eigenvalue weighted by atomic mass is 9.99. The number of carboxylic acid groups (broad SMARTS) is 1. The summed E-state index contributed by atoms with van der Waals surface area (Å²) in [6, 6.07) is -0.527. The lowest BCUT2D eigenvalue weighted by Gasteiger charge is -2.19. The third-order valence-electron chi connectivity index (χ3n) is 2.84. The average molecular weight is 237 g/mol. The van der Waals surface area contributed by atoms with E-state index in [2.05, 4.69) is 15.3 Å². The lowest BCUT2D eigenvalue weighted by Crippen LogP contribution is -2.41. The van der Waals surface area contributed by atoms with E-state index < -0.39 is 12.0 Å². The number of hydrogen-bond acceptors (Lipinski definition) is 4. The zero-order valence-corrected chi connectivity index (χ0v) is 10.5. The molecule has 0 saturated carbocycles. The summed E-state index contributed by atoms with van der Waals surface area (Å²) in [5.41, 5.74) is 0.894. The predicted octanol–water partition coefficient (Wildman–Crippen LogP) is 1.37. The molecule has 0 aromatic carbocycles. The van der Waals surface area contributed by atoms with Crippen molar-refractivity contribution in [2.75, 3.05) is 0 Å². The quantitative estimate of drug-likeness (QED) is 0.781. The minimum Gasteiger partial charge on any atom is -0.480 e. The monoisotopic (exact) mass is 237 g/mol. The van der Waals surface area contributed by atoms with Gasteiger partial charge in [-0.15, -0.1) is 0 Å². The van der Waals surface area contributed by atoms with Gasteiger partial charge in [-0.05, 0) is 12.8 Å². The topological polar surface area (TPSA) is 75.1 Å². The third-order valence-corrected chi connectivity index (χ3v) is 2.84. The van der Waals surface area contributed by atoms with E-state index in [1.807, 2.05) is 20.8 Å². The molecule has 0 aliphatic carbocycles. The zero-order chi connectivity index (χ0) is 12.8. The average Bonchev–Trinajstić information content (AvgIpc) is 2.31. The van der Waals surface area contributed by atoms with E-state index in [9.17, 15) is 4.79 Å². The van der Waals surface area contributed by atoms with Gasteiger partial charge in [0.15, 0.2) is 0 Å². The van der Waals surface area contributed by atoms with Crippen LogP contribution in [0.2, 0.25) is 0 Å². The maximum absolute atomic E-state index is 11.1. The van der Waals surface area contributed by atoms with Crippen LogP contribution in [0.1, 0.15) is 31.7 Å². The summed E-state index contributed by atoms with van der Waals surface area (Å²) in [7, 11) is 0. The molecule has 5 heteroatoms. The van der Waals surface area contributed by atoms with E-state index in [0.29, 0.717) is 12.4 Å². The number of aryl methyl sites for hydroxylation is 1. The highest BCUT2D eigenvalue weighted by Crippen LogP contribution is 2.08. The molecular weight excluding hydrogens is 218 g/mol. The molecule has 0 spiro atoms. The highest BCUT2D eigenvalue weighted by molar-refractivity contribution is 5.73. The van der Waals surface area contributed by atoms with E-state index in [-0.39, 0.29) is 5.92 Å². The van der Waals surface area contributed by atoms with Gasteiger partial charge < -0.3 is 5.11 Å². The number of carbonyl (C=O) groups is 1. The summed E-state index contributed by atoms with van der Waals surface area (Å²) >= 11 is 0. The van der Waals surface area contributed by atoms with E-state index in [4.69, 9.17) is 5.11 Å². The van der Waals surface area contributed by atoms with Crippen LogP contribution in [-0.2, 0) is 11.3 Å². The Morgan fingerprint density at radius 1 is 1.47 bits per heavy atom. The number of nitrogens with one attached hydrogen (secondary N) is 1. The van der Waals surface area contributed by atoms with Crippen molar-refractivity contribution in [1.82, 2.24) is 15.3 Å². The maximum atomic E-state index is 11.1. The van der Waals surface area contributed by atoms with Gasteiger partial charge in [-0.1, -0.05) is 20.3 Å². The fourth-order valence-electron chi connectivity index (χ4n) is 1.51. The van der Waals surface area contributed by atoms with Gasteiger partial charge in [-0.2, -0.15) is 0 Å². The van der Waals surface area contributed by atoms with Gasteiger partial charge in [0.1, 0.15) is 11.9 Å². The molecule has 0 fully saturated rings. The largest absolute Gasteiger partial charge is 0.480 e. The lowest BCUT2D eigenvalue weighted by molar-refractivity contribution is -0.140. The van der Waals surface area contributed by atoms with Crippen LogP contribution < -0.4 is 5.32 Å². The summed E-state index contributed by atoms with van der Waals surface area (Å²) in [5.74, 6) is -0.00305. The first-order valence-corrected chi connectivity index (χ1v) is 5.78. The smallest absolute Gasteiger partial charge is 0.320 e. The van der Waals surface area contributed by atoms with Gasteiger partial charge in [0.2, 0.25) is 0 Å². The van der Waals surface area contributed by atoms with Crippen molar-refractivity contribution in [1.29, 1.82) is 0 Å².